The van der Waals surface area contributed by atoms with Gasteiger partial charge in [-0.1, -0.05) is 11.6 Å². The second-order valence-electron chi connectivity index (χ2n) is 4.56. The number of carbonyl (C=O) groups excluding carboxylic acids is 1. The van der Waals surface area contributed by atoms with E-state index in [0.717, 1.165) is 12.0 Å². The molecule has 2 amide bonds. The van der Waals surface area contributed by atoms with Crippen molar-refractivity contribution < 1.29 is 19.0 Å². The first-order valence-electron chi connectivity index (χ1n) is 6.79. The van der Waals surface area contributed by atoms with Crippen LogP contribution in [0.15, 0.2) is 12.1 Å². The second-order valence-corrected chi connectivity index (χ2v) is 4.96. The van der Waals surface area contributed by atoms with Crippen LogP contribution in [0.3, 0.4) is 0 Å². The van der Waals surface area contributed by atoms with E-state index in [1.807, 2.05) is 6.07 Å². The van der Waals surface area contributed by atoms with Crippen LogP contribution in [-0.2, 0) is 11.3 Å². The van der Waals surface area contributed by atoms with Crippen LogP contribution < -0.4 is 20.1 Å². The van der Waals surface area contributed by atoms with Crippen LogP contribution >= 0.6 is 11.6 Å². The fourth-order valence-corrected chi connectivity index (χ4v) is 2.19. The average molecular weight is 315 g/mol. The lowest BCUT2D eigenvalue weighted by molar-refractivity contribution is 0.196. The summed E-state index contributed by atoms with van der Waals surface area (Å²) in [6.45, 7) is 2.48. The van der Waals surface area contributed by atoms with Crippen LogP contribution in [0, 0.1) is 0 Å². The summed E-state index contributed by atoms with van der Waals surface area (Å²) in [5.74, 6) is 1.19. The van der Waals surface area contributed by atoms with Gasteiger partial charge in [-0.3, -0.25) is 0 Å². The predicted octanol–water partition coefficient (Wildman–Crippen LogP) is 1.95. The van der Waals surface area contributed by atoms with Crippen LogP contribution in [0.4, 0.5) is 4.79 Å². The molecule has 0 spiro atoms. The summed E-state index contributed by atoms with van der Waals surface area (Å²) in [7, 11) is 1.58. The Labute approximate surface area is 128 Å². The van der Waals surface area contributed by atoms with Crippen molar-refractivity contribution in [1.29, 1.82) is 0 Å². The number of ether oxygens (including phenoxy) is 3. The zero-order valence-corrected chi connectivity index (χ0v) is 12.7. The standard InChI is InChI=1S/C14H19ClN2O4/c1-19-6-3-16-14(18)17-9-10-7-11(15)13-12(8-10)20-4-2-5-21-13/h7-8H,2-6,9H2,1H3,(H2,16,17,18). The minimum Gasteiger partial charge on any atom is -0.489 e. The van der Waals surface area contributed by atoms with Gasteiger partial charge in [-0.2, -0.15) is 0 Å². The number of rotatable bonds is 5. The summed E-state index contributed by atoms with van der Waals surface area (Å²) < 4.78 is 16.0. The third-order valence-corrected chi connectivity index (χ3v) is 3.19. The van der Waals surface area contributed by atoms with Gasteiger partial charge in [0.25, 0.3) is 0 Å². The second kappa shape index (κ2) is 7.95. The van der Waals surface area contributed by atoms with E-state index in [2.05, 4.69) is 10.6 Å². The maximum atomic E-state index is 11.6. The first kappa shape index (κ1) is 15.7. The third-order valence-electron chi connectivity index (χ3n) is 2.91. The molecule has 2 N–H and O–H groups in total. The number of urea groups is 1. The van der Waals surface area contributed by atoms with Crippen molar-refractivity contribution in [1.82, 2.24) is 10.6 Å². The molecule has 0 bridgehead atoms. The van der Waals surface area contributed by atoms with Crippen molar-refractivity contribution >= 4 is 17.6 Å². The van der Waals surface area contributed by atoms with Crippen LogP contribution in [0.5, 0.6) is 11.5 Å². The highest BCUT2D eigenvalue weighted by Gasteiger charge is 2.15. The van der Waals surface area contributed by atoms with Crippen LogP contribution in [0.2, 0.25) is 5.02 Å². The molecule has 6 nitrogen and oxygen atoms in total. The summed E-state index contributed by atoms with van der Waals surface area (Å²) in [5.41, 5.74) is 0.853. The molecule has 7 heteroatoms. The lowest BCUT2D eigenvalue weighted by atomic mass is 10.2. The number of nitrogens with one attached hydrogen (secondary N) is 2. The topological polar surface area (TPSA) is 68.8 Å². The van der Waals surface area contributed by atoms with E-state index in [9.17, 15) is 4.79 Å². The molecule has 0 saturated carbocycles. The number of amides is 2. The number of benzene rings is 1. The number of carbonyl (C=O) groups is 1. The smallest absolute Gasteiger partial charge is 0.315 e. The van der Waals surface area contributed by atoms with Crippen molar-refractivity contribution in [2.75, 3.05) is 33.5 Å². The van der Waals surface area contributed by atoms with Crippen molar-refractivity contribution in [3.05, 3.63) is 22.7 Å². The number of hydrogen-bond donors (Lipinski definition) is 2. The Hall–Kier alpha value is -1.66. The molecule has 0 unspecified atom stereocenters. The Morgan fingerprint density at radius 2 is 2.14 bits per heavy atom. The quantitative estimate of drug-likeness (QED) is 0.815. The Balaban J connectivity index is 1.93. The van der Waals surface area contributed by atoms with Gasteiger partial charge in [-0.05, 0) is 17.7 Å². The number of hydrogen-bond acceptors (Lipinski definition) is 4. The van der Waals surface area contributed by atoms with Gasteiger partial charge >= 0.3 is 6.03 Å². The highest BCUT2D eigenvalue weighted by atomic mass is 35.5. The van der Waals surface area contributed by atoms with Gasteiger partial charge in [0.15, 0.2) is 11.5 Å². The van der Waals surface area contributed by atoms with Crippen molar-refractivity contribution in [2.24, 2.45) is 0 Å². The first-order valence-corrected chi connectivity index (χ1v) is 7.17. The minimum absolute atomic E-state index is 0.254. The first-order chi connectivity index (χ1) is 10.2. The van der Waals surface area contributed by atoms with E-state index in [-0.39, 0.29) is 6.03 Å². The van der Waals surface area contributed by atoms with Crippen molar-refractivity contribution in [2.45, 2.75) is 13.0 Å². The van der Waals surface area contributed by atoms with E-state index >= 15 is 0 Å². The van der Waals surface area contributed by atoms with Gasteiger partial charge in [0.2, 0.25) is 0 Å². The van der Waals surface area contributed by atoms with Crippen molar-refractivity contribution in [3.8, 4) is 11.5 Å². The van der Waals surface area contributed by atoms with E-state index in [4.69, 9.17) is 25.8 Å². The maximum absolute atomic E-state index is 11.6. The summed E-state index contributed by atoms with van der Waals surface area (Å²) in [4.78, 5) is 11.6. The largest absolute Gasteiger partial charge is 0.489 e. The molecule has 0 radical (unpaired) electrons. The van der Waals surface area contributed by atoms with Gasteiger partial charge in [0.05, 0.1) is 24.8 Å². The van der Waals surface area contributed by atoms with Gasteiger partial charge in [-0.15, -0.1) is 0 Å². The van der Waals surface area contributed by atoms with Crippen LogP contribution in [-0.4, -0.2) is 39.5 Å². The lowest BCUT2D eigenvalue weighted by Gasteiger charge is -2.12. The normalized spacial score (nSPS) is 13.4. The van der Waals surface area contributed by atoms with Gasteiger partial charge in [0.1, 0.15) is 0 Å². The molecule has 0 aromatic heterocycles. The van der Waals surface area contributed by atoms with Crippen molar-refractivity contribution in [3.63, 3.8) is 0 Å². The Morgan fingerprint density at radius 1 is 1.33 bits per heavy atom. The molecule has 116 valence electrons. The molecule has 1 heterocycles. The minimum atomic E-state index is -0.254. The number of halogens is 1. The molecule has 0 atom stereocenters. The zero-order valence-electron chi connectivity index (χ0n) is 11.9. The van der Waals surface area contributed by atoms with Gasteiger partial charge in [-0.25, -0.2) is 4.79 Å². The van der Waals surface area contributed by atoms with E-state index in [0.29, 0.717) is 49.4 Å². The summed E-state index contributed by atoms with van der Waals surface area (Å²) in [5, 5.41) is 5.92. The van der Waals surface area contributed by atoms with E-state index < -0.39 is 0 Å². The monoisotopic (exact) mass is 314 g/mol. The van der Waals surface area contributed by atoms with Crippen LogP contribution in [0.1, 0.15) is 12.0 Å². The van der Waals surface area contributed by atoms with Crippen LogP contribution in [0.25, 0.3) is 0 Å². The average Bonchev–Trinajstić information content (AvgIpc) is 2.71. The fraction of sp³-hybridized carbons (Fsp3) is 0.500. The number of fused-ring (bicyclic) bond motifs is 1. The fourth-order valence-electron chi connectivity index (χ4n) is 1.90. The van der Waals surface area contributed by atoms with E-state index in [1.54, 1.807) is 13.2 Å². The molecule has 21 heavy (non-hydrogen) atoms. The molecular formula is C14H19ClN2O4. The third kappa shape index (κ3) is 4.68. The van der Waals surface area contributed by atoms with Gasteiger partial charge in [0, 0.05) is 26.6 Å². The molecule has 0 aliphatic carbocycles. The molecule has 1 aliphatic rings. The SMILES string of the molecule is COCCNC(=O)NCc1cc(Cl)c2c(c1)OCCCO2. The molecule has 0 fully saturated rings. The molecule has 2 rings (SSSR count). The Kier molecular flexibility index (Phi) is 5.95. The summed E-state index contributed by atoms with van der Waals surface area (Å²) >= 11 is 6.19. The molecular weight excluding hydrogens is 296 g/mol. The lowest BCUT2D eigenvalue weighted by Crippen LogP contribution is -2.36. The highest BCUT2D eigenvalue weighted by molar-refractivity contribution is 6.32. The molecule has 1 aliphatic heterocycles. The summed E-state index contributed by atoms with van der Waals surface area (Å²) in [6, 6.07) is 3.35. The number of methoxy groups -OCH3 is 1. The predicted molar refractivity (Wildman–Crippen MR) is 79.2 cm³/mol. The Bertz CT molecular complexity index is 496. The zero-order chi connectivity index (χ0) is 15.1. The molecule has 0 saturated heterocycles. The summed E-state index contributed by atoms with van der Waals surface area (Å²) in [6.07, 6.45) is 0.820. The maximum Gasteiger partial charge on any atom is 0.315 e. The Morgan fingerprint density at radius 3 is 2.95 bits per heavy atom. The molecule has 1 aromatic carbocycles. The molecule has 1 aromatic rings. The van der Waals surface area contributed by atoms with E-state index in [1.165, 1.54) is 0 Å². The highest BCUT2D eigenvalue weighted by Crippen LogP contribution is 2.37. The van der Waals surface area contributed by atoms with Gasteiger partial charge < -0.3 is 24.8 Å².